The molecule has 0 aromatic heterocycles. The van der Waals surface area contributed by atoms with Crippen molar-refractivity contribution in [1.29, 1.82) is 0 Å². The molecule has 0 amide bonds. The smallest absolute Gasteiger partial charge is 0.155 e. The largest absolute Gasteiger partial charge is 0.392 e. The minimum atomic E-state index is -0.828. The summed E-state index contributed by atoms with van der Waals surface area (Å²) in [6.45, 7) is 8.84. The number of fused-ring (bicyclic) bond motifs is 5. The molecule has 5 aliphatic rings. The molecular formula is C27H42O4. The van der Waals surface area contributed by atoms with Gasteiger partial charge < -0.3 is 14.9 Å². The van der Waals surface area contributed by atoms with Gasteiger partial charge >= 0.3 is 0 Å². The zero-order valence-electron chi connectivity index (χ0n) is 19.9. The van der Waals surface area contributed by atoms with E-state index in [1.807, 2.05) is 6.08 Å². The van der Waals surface area contributed by atoms with Crippen LogP contribution in [0.15, 0.2) is 11.6 Å². The van der Waals surface area contributed by atoms with Crippen molar-refractivity contribution in [3.63, 3.8) is 0 Å². The van der Waals surface area contributed by atoms with E-state index >= 15 is 0 Å². The van der Waals surface area contributed by atoms with Crippen LogP contribution in [0.4, 0.5) is 0 Å². The second-order valence-electron chi connectivity index (χ2n) is 12.3. The quantitative estimate of drug-likeness (QED) is 0.674. The van der Waals surface area contributed by atoms with Gasteiger partial charge in [-0.05, 0) is 107 Å². The van der Waals surface area contributed by atoms with E-state index in [1.165, 1.54) is 5.57 Å². The summed E-state index contributed by atoms with van der Waals surface area (Å²) in [6.07, 6.45) is 11.4. The standard InChI is InChI=1S/C27H42O4/c1-16(2)31-20-9-11-25(3)18(14-20)6-8-22-23(25)15-24(29)26(4)21(10-12-27(22,26)30)17-5-7-19(28)13-17/h13,16,18,20-24,29-30H,5-12,14-15H2,1-4H3/t18-,20+,21-,22-,23+,24-,25+,26+,27+/m1/s1. The van der Waals surface area contributed by atoms with Gasteiger partial charge in [0.1, 0.15) is 0 Å². The Labute approximate surface area is 187 Å². The summed E-state index contributed by atoms with van der Waals surface area (Å²) >= 11 is 0. The predicted octanol–water partition coefficient (Wildman–Crippen LogP) is 4.81. The molecule has 0 aromatic carbocycles. The Morgan fingerprint density at radius 1 is 1.03 bits per heavy atom. The number of carbonyl (C=O) groups excluding carboxylic acids is 1. The molecule has 2 N–H and O–H groups in total. The fourth-order valence-corrected chi connectivity index (χ4v) is 9.16. The molecule has 0 aliphatic heterocycles. The van der Waals surface area contributed by atoms with Gasteiger partial charge in [-0.3, -0.25) is 4.79 Å². The van der Waals surface area contributed by atoms with Gasteiger partial charge in [-0.2, -0.15) is 0 Å². The van der Waals surface area contributed by atoms with Gasteiger partial charge in [0, 0.05) is 11.8 Å². The van der Waals surface area contributed by atoms with E-state index in [2.05, 4.69) is 27.7 Å². The maximum atomic E-state index is 12.3. The lowest BCUT2D eigenvalue weighted by Gasteiger charge is -2.65. The number of allylic oxidation sites excluding steroid dienone is 2. The van der Waals surface area contributed by atoms with Crippen LogP contribution in [0.2, 0.25) is 0 Å². The van der Waals surface area contributed by atoms with Crippen LogP contribution < -0.4 is 0 Å². The van der Waals surface area contributed by atoms with E-state index in [1.54, 1.807) is 0 Å². The zero-order valence-corrected chi connectivity index (χ0v) is 19.9. The molecule has 0 unspecified atom stereocenters. The Morgan fingerprint density at radius 3 is 2.48 bits per heavy atom. The molecule has 4 fully saturated rings. The number of ether oxygens (including phenoxy) is 1. The second-order valence-corrected chi connectivity index (χ2v) is 12.3. The Balaban J connectivity index is 1.43. The number of hydrogen-bond acceptors (Lipinski definition) is 4. The molecule has 5 aliphatic carbocycles. The van der Waals surface area contributed by atoms with E-state index in [0.29, 0.717) is 24.4 Å². The Kier molecular flexibility index (Phi) is 5.27. The summed E-state index contributed by atoms with van der Waals surface area (Å²) < 4.78 is 6.19. The fraction of sp³-hybridized carbons (Fsp3) is 0.889. The first-order valence-corrected chi connectivity index (χ1v) is 12.9. The Morgan fingerprint density at radius 2 is 1.81 bits per heavy atom. The van der Waals surface area contributed by atoms with Crippen LogP contribution in [0.3, 0.4) is 0 Å². The van der Waals surface area contributed by atoms with Gasteiger partial charge in [0.25, 0.3) is 0 Å². The molecule has 0 bridgehead atoms. The van der Waals surface area contributed by atoms with Crippen molar-refractivity contribution in [2.24, 2.45) is 34.5 Å². The predicted molar refractivity (Wildman–Crippen MR) is 120 cm³/mol. The maximum absolute atomic E-state index is 12.3. The van der Waals surface area contributed by atoms with Crippen LogP contribution in [-0.2, 0) is 9.53 Å². The van der Waals surface area contributed by atoms with Crippen LogP contribution in [-0.4, -0.2) is 39.9 Å². The van der Waals surface area contributed by atoms with Gasteiger partial charge in [0.15, 0.2) is 5.78 Å². The lowest BCUT2D eigenvalue weighted by molar-refractivity contribution is -0.246. The highest BCUT2D eigenvalue weighted by Gasteiger charge is 2.70. The van der Waals surface area contributed by atoms with Crippen molar-refractivity contribution in [3.05, 3.63) is 11.6 Å². The fourth-order valence-electron chi connectivity index (χ4n) is 9.16. The molecule has 0 radical (unpaired) electrons. The Hall–Kier alpha value is -0.710. The van der Waals surface area contributed by atoms with E-state index < -0.39 is 17.1 Å². The van der Waals surface area contributed by atoms with E-state index in [0.717, 1.165) is 57.8 Å². The molecule has 5 rings (SSSR count). The number of aliphatic hydroxyl groups excluding tert-OH is 1. The normalized spacial score (nSPS) is 52.0. The lowest BCUT2D eigenvalue weighted by Crippen LogP contribution is -2.67. The molecule has 31 heavy (non-hydrogen) atoms. The number of aliphatic hydroxyl groups is 2. The molecule has 9 atom stereocenters. The first kappa shape index (κ1) is 22.1. The SMILES string of the molecule is CC(C)O[C@H]1CC[C@@]2(C)[C@H](CC[C@@H]3[C@@H]2C[C@@H](O)[C@]2(C)[C@@H](C4=CC(=O)CC4)CC[C@]32O)C1. The van der Waals surface area contributed by atoms with Gasteiger partial charge in [0.2, 0.25) is 0 Å². The minimum absolute atomic E-state index is 0.139. The maximum Gasteiger partial charge on any atom is 0.155 e. The molecule has 174 valence electrons. The van der Waals surface area contributed by atoms with E-state index in [9.17, 15) is 15.0 Å². The molecule has 0 aromatic rings. The van der Waals surface area contributed by atoms with Crippen molar-refractivity contribution in [3.8, 4) is 0 Å². The van der Waals surface area contributed by atoms with Crippen molar-refractivity contribution >= 4 is 5.78 Å². The summed E-state index contributed by atoms with van der Waals surface area (Å²) in [5, 5.41) is 23.9. The molecule has 4 heteroatoms. The summed E-state index contributed by atoms with van der Waals surface area (Å²) in [6, 6.07) is 0. The molecule has 4 nitrogen and oxygen atoms in total. The summed E-state index contributed by atoms with van der Waals surface area (Å²) in [5.74, 6) is 1.61. The molecule has 0 heterocycles. The van der Waals surface area contributed by atoms with Crippen molar-refractivity contribution in [2.45, 2.75) is 116 Å². The number of hydrogen-bond donors (Lipinski definition) is 2. The van der Waals surface area contributed by atoms with Crippen LogP contribution in [0.5, 0.6) is 0 Å². The van der Waals surface area contributed by atoms with Crippen molar-refractivity contribution < 1.29 is 19.7 Å². The van der Waals surface area contributed by atoms with E-state index in [4.69, 9.17) is 4.74 Å². The highest BCUT2D eigenvalue weighted by Crippen LogP contribution is 2.70. The minimum Gasteiger partial charge on any atom is -0.392 e. The third-order valence-corrected chi connectivity index (χ3v) is 10.8. The highest BCUT2D eigenvalue weighted by molar-refractivity contribution is 5.93. The lowest BCUT2D eigenvalue weighted by atomic mass is 9.42. The summed E-state index contributed by atoms with van der Waals surface area (Å²) in [4.78, 5) is 11.9. The molecule has 0 saturated heterocycles. The zero-order chi connectivity index (χ0) is 22.2. The summed E-state index contributed by atoms with van der Waals surface area (Å²) in [7, 11) is 0. The highest BCUT2D eigenvalue weighted by atomic mass is 16.5. The van der Waals surface area contributed by atoms with E-state index in [-0.39, 0.29) is 29.1 Å². The first-order valence-electron chi connectivity index (χ1n) is 12.9. The average Bonchev–Trinajstić information content (AvgIpc) is 3.24. The van der Waals surface area contributed by atoms with Crippen molar-refractivity contribution in [2.75, 3.05) is 0 Å². The molecular weight excluding hydrogens is 388 g/mol. The average molecular weight is 431 g/mol. The third-order valence-electron chi connectivity index (χ3n) is 10.8. The molecule has 0 spiro atoms. The van der Waals surface area contributed by atoms with Gasteiger partial charge in [-0.1, -0.05) is 19.4 Å². The van der Waals surface area contributed by atoms with Crippen LogP contribution in [0.25, 0.3) is 0 Å². The topological polar surface area (TPSA) is 66.8 Å². The van der Waals surface area contributed by atoms with Crippen LogP contribution in [0, 0.1) is 34.5 Å². The van der Waals surface area contributed by atoms with Crippen LogP contribution in [0.1, 0.15) is 91.9 Å². The Bertz CT molecular complexity index is 773. The van der Waals surface area contributed by atoms with Crippen molar-refractivity contribution in [1.82, 2.24) is 0 Å². The second kappa shape index (κ2) is 7.40. The number of carbonyl (C=O) groups is 1. The van der Waals surface area contributed by atoms with Gasteiger partial charge in [0.05, 0.1) is 23.9 Å². The molecule has 4 saturated carbocycles. The third kappa shape index (κ3) is 3.07. The monoisotopic (exact) mass is 430 g/mol. The first-order chi connectivity index (χ1) is 14.6. The number of rotatable bonds is 3. The van der Waals surface area contributed by atoms with Gasteiger partial charge in [-0.15, -0.1) is 0 Å². The summed E-state index contributed by atoms with van der Waals surface area (Å²) in [5.41, 5.74) is 0.00265. The van der Waals surface area contributed by atoms with Crippen LogP contribution >= 0.6 is 0 Å². The number of ketones is 1. The van der Waals surface area contributed by atoms with Gasteiger partial charge in [-0.25, -0.2) is 0 Å².